The highest BCUT2D eigenvalue weighted by atomic mass is 19.4. The van der Waals surface area contributed by atoms with Crippen molar-refractivity contribution in [1.29, 1.82) is 0 Å². The van der Waals surface area contributed by atoms with Gasteiger partial charge in [-0.15, -0.1) is 0 Å². The van der Waals surface area contributed by atoms with Gasteiger partial charge in [0, 0.05) is 24.5 Å². The minimum Gasteiger partial charge on any atom is -0.497 e. The summed E-state index contributed by atoms with van der Waals surface area (Å²) < 4.78 is 43.6. The number of aliphatic carboxylic acids is 1. The van der Waals surface area contributed by atoms with Crippen molar-refractivity contribution in [3.05, 3.63) is 71.4 Å². The smallest absolute Gasteiger partial charge is 0.416 e. The van der Waals surface area contributed by atoms with Gasteiger partial charge in [0.1, 0.15) is 5.75 Å². The van der Waals surface area contributed by atoms with Crippen molar-refractivity contribution in [1.82, 2.24) is 9.88 Å². The van der Waals surface area contributed by atoms with Crippen LogP contribution in [-0.4, -0.2) is 52.8 Å². The summed E-state index contributed by atoms with van der Waals surface area (Å²) >= 11 is 0. The summed E-state index contributed by atoms with van der Waals surface area (Å²) in [6, 6.07) is 12.7. The van der Waals surface area contributed by atoms with Crippen molar-refractivity contribution < 1.29 is 32.9 Å². The quantitative estimate of drug-likeness (QED) is 0.247. The van der Waals surface area contributed by atoms with Crippen LogP contribution in [0.4, 0.5) is 13.2 Å². The number of hydrogen-bond donors (Lipinski definition) is 2. The van der Waals surface area contributed by atoms with E-state index < -0.39 is 23.8 Å². The van der Waals surface area contributed by atoms with Gasteiger partial charge in [0.05, 0.1) is 24.3 Å². The number of rotatable bonds is 12. The average Bonchev–Trinajstić information content (AvgIpc) is 2.93. The summed E-state index contributed by atoms with van der Waals surface area (Å²) in [5, 5.41) is 21.5. The van der Waals surface area contributed by atoms with Gasteiger partial charge in [-0.25, -0.2) is 0 Å². The maximum atomic E-state index is 12.8. The molecule has 0 spiro atoms. The molecular weight excluding hydrogens is 521 g/mol. The molecule has 40 heavy (non-hydrogen) atoms. The first-order valence-corrected chi connectivity index (χ1v) is 13.8. The summed E-state index contributed by atoms with van der Waals surface area (Å²) in [6.07, 6.45) is 1.36. The Morgan fingerprint density at radius 2 is 1.90 bits per heavy atom. The Labute approximate surface area is 232 Å². The van der Waals surface area contributed by atoms with Gasteiger partial charge in [0.2, 0.25) is 0 Å². The maximum absolute atomic E-state index is 12.8. The number of piperidine rings is 1. The van der Waals surface area contributed by atoms with E-state index in [0.29, 0.717) is 25.1 Å². The molecule has 3 aromatic rings. The van der Waals surface area contributed by atoms with E-state index in [1.165, 1.54) is 12.1 Å². The van der Waals surface area contributed by atoms with E-state index in [9.17, 15) is 28.2 Å². The molecule has 4 rings (SSSR count). The number of nitrogens with zero attached hydrogens (tertiary/aromatic N) is 2. The van der Waals surface area contributed by atoms with E-state index in [2.05, 4.69) is 9.88 Å². The van der Waals surface area contributed by atoms with Gasteiger partial charge < -0.3 is 19.8 Å². The number of unbranched alkanes of at least 4 members (excludes halogenated alkanes) is 1. The molecule has 2 aromatic carbocycles. The van der Waals surface area contributed by atoms with Gasteiger partial charge in [-0.1, -0.05) is 12.1 Å². The largest absolute Gasteiger partial charge is 0.497 e. The molecular formula is C31H37F3N2O4. The van der Waals surface area contributed by atoms with Crippen molar-refractivity contribution in [3.63, 3.8) is 0 Å². The zero-order chi connectivity index (χ0) is 28.7. The Morgan fingerprint density at radius 3 is 2.60 bits per heavy atom. The van der Waals surface area contributed by atoms with Gasteiger partial charge in [-0.05, 0) is 111 Å². The average molecular weight is 559 g/mol. The Bertz CT molecular complexity index is 1270. The van der Waals surface area contributed by atoms with Crippen LogP contribution in [0.25, 0.3) is 10.9 Å². The van der Waals surface area contributed by atoms with Crippen molar-refractivity contribution in [2.75, 3.05) is 26.7 Å². The zero-order valence-corrected chi connectivity index (χ0v) is 22.7. The van der Waals surface area contributed by atoms with Crippen LogP contribution in [0.1, 0.15) is 61.3 Å². The van der Waals surface area contributed by atoms with Crippen LogP contribution in [0.5, 0.6) is 5.75 Å². The minimum absolute atomic E-state index is 0.00245. The fourth-order valence-corrected chi connectivity index (χ4v) is 5.81. The lowest BCUT2D eigenvalue weighted by Gasteiger charge is -2.38. The predicted octanol–water partition coefficient (Wildman–Crippen LogP) is 6.51. The summed E-state index contributed by atoms with van der Waals surface area (Å²) in [5.74, 6) is 0.0913. The molecule has 1 aliphatic rings. The number of hydrogen-bond acceptors (Lipinski definition) is 5. The van der Waals surface area contributed by atoms with Crippen LogP contribution in [0.3, 0.4) is 0 Å². The Balaban J connectivity index is 1.28. The molecule has 0 saturated carbocycles. The molecule has 2 heterocycles. The first-order valence-electron chi connectivity index (χ1n) is 13.8. The van der Waals surface area contributed by atoms with Gasteiger partial charge >= 0.3 is 12.1 Å². The molecule has 1 aromatic heterocycles. The summed E-state index contributed by atoms with van der Waals surface area (Å²) in [5.41, 5.74) is 1.83. The van der Waals surface area contributed by atoms with Gasteiger partial charge in [0.15, 0.2) is 0 Å². The van der Waals surface area contributed by atoms with Crippen LogP contribution in [0.15, 0.2) is 54.7 Å². The fraction of sp³-hybridized carbons (Fsp3) is 0.484. The van der Waals surface area contributed by atoms with Crippen LogP contribution >= 0.6 is 0 Å². The first kappa shape index (κ1) is 29.8. The number of ether oxygens (including phenoxy) is 1. The number of aryl methyl sites for hydroxylation is 1. The number of fused-ring (bicyclic) bond motifs is 1. The monoisotopic (exact) mass is 558 g/mol. The van der Waals surface area contributed by atoms with Crippen LogP contribution < -0.4 is 4.74 Å². The predicted molar refractivity (Wildman–Crippen MR) is 147 cm³/mol. The number of aliphatic hydroxyl groups is 1. The summed E-state index contributed by atoms with van der Waals surface area (Å²) in [4.78, 5) is 18.3. The standard InChI is InChI=1S/C31H37F3N2O4/c1-40-25-10-11-28-27(19-25)26(13-15-35-28)29(37)12-7-22-14-17-36(20-23(22)18-30(38)39)16-3-2-4-21-5-8-24(9-6-21)31(32,33)34/h5-6,8-11,13,15,19,22-23,29,37H,2-4,7,12,14,16-18,20H2,1H3,(H,38,39)/t22-,23+,29-/m1/s1. The highest BCUT2D eigenvalue weighted by molar-refractivity contribution is 5.83. The second kappa shape index (κ2) is 13.5. The summed E-state index contributed by atoms with van der Waals surface area (Å²) in [7, 11) is 1.60. The Hall–Kier alpha value is -3.17. The van der Waals surface area contributed by atoms with E-state index in [4.69, 9.17) is 4.74 Å². The van der Waals surface area contributed by atoms with Crippen LogP contribution in [-0.2, 0) is 17.4 Å². The highest BCUT2D eigenvalue weighted by Gasteiger charge is 2.31. The number of methoxy groups -OCH3 is 1. The van der Waals surface area contributed by atoms with Crippen LogP contribution in [0.2, 0.25) is 0 Å². The maximum Gasteiger partial charge on any atom is 0.416 e. The molecule has 2 N–H and O–H groups in total. The van der Waals surface area contributed by atoms with E-state index >= 15 is 0 Å². The lowest BCUT2D eigenvalue weighted by atomic mass is 9.79. The van der Waals surface area contributed by atoms with Crippen molar-refractivity contribution >= 4 is 16.9 Å². The summed E-state index contributed by atoms with van der Waals surface area (Å²) in [6.45, 7) is 2.40. The third kappa shape index (κ3) is 7.95. The van der Waals surface area contributed by atoms with Gasteiger partial charge in [0.25, 0.3) is 0 Å². The zero-order valence-electron chi connectivity index (χ0n) is 22.7. The molecule has 216 valence electrons. The number of halogens is 3. The van der Waals surface area contributed by atoms with E-state index in [1.54, 1.807) is 13.3 Å². The number of pyridine rings is 1. The molecule has 1 aliphatic heterocycles. The van der Waals surface area contributed by atoms with E-state index in [0.717, 1.165) is 72.9 Å². The number of carbonyl (C=O) groups is 1. The Morgan fingerprint density at radius 1 is 1.12 bits per heavy atom. The Kier molecular flexibility index (Phi) is 10.0. The topological polar surface area (TPSA) is 82.9 Å². The molecule has 6 nitrogen and oxygen atoms in total. The second-order valence-electron chi connectivity index (χ2n) is 10.7. The van der Waals surface area contributed by atoms with Crippen molar-refractivity contribution in [2.24, 2.45) is 11.8 Å². The number of likely N-dealkylation sites (tertiary alicyclic amines) is 1. The molecule has 1 saturated heterocycles. The van der Waals surface area contributed by atoms with Crippen LogP contribution in [0, 0.1) is 11.8 Å². The van der Waals surface area contributed by atoms with E-state index in [1.807, 2.05) is 24.3 Å². The molecule has 9 heteroatoms. The minimum atomic E-state index is -4.32. The third-order valence-corrected chi connectivity index (χ3v) is 8.04. The molecule has 3 atom stereocenters. The van der Waals surface area contributed by atoms with Gasteiger partial charge in [-0.2, -0.15) is 13.2 Å². The highest BCUT2D eigenvalue weighted by Crippen LogP contribution is 2.35. The number of carboxylic acid groups (broad SMARTS) is 1. The lowest BCUT2D eigenvalue weighted by Crippen LogP contribution is -2.41. The van der Waals surface area contributed by atoms with E-state index in [-0.39, 0.29) is 18.3 Å². The van der Waals surface area contributed by atoms with Crippen molar-refractivity contribution in [3.8, 4) is 5.75 Å². The normalized spacial score (nSPS) is 19.0. The fourth-order valence-electron chi connectivity index (χ4n) is 5.81. The van der Waals surface area contributed by atoms with Gasteiger partial charge in [-0.3, -0.25) is 9.78 Å². The lowest BCUT2D eigenvalue weighted by molar-refractivity contribution is -0.139. The number of alkyl halides is 3. The number of carboxylic acids is 1. The SMILES string of the molecule is COc1ccc2nccc([C@H](O)CC[C@@H]3CCN(CCCCc4ccc(C(F)(F)F)cc4)C[C@@H]3CC(=O)O)c2c1. The third-order valence-electron chi connectivity index (χ3n) is 8.04. The second-order valence-corrected chi connectivity index (χ2v) is 10.7. The van der Waals surface area contributed by atoms with Crippen molar-refractivity contribution in [2.45, 2.75) is 57.2 Å². The number of aliphatic hydroxyl groups excluding tert-OH is 1. The number of aromatic nitrogens is 1. The molecule has 1 fully saturated rings. The molecule has 0 bridgehead atoms. The number of benzene rings is 2. The molecule has 0 amide bonds. The molecule has 0 unspecified atom stereocenters. The first-order chi connectivity index (χ1) is 19.1. The molecule has 0 aliphatic carbocycles. The molecule has 0 radical (unpaired) electrons.